The van der Waals surface area contributed by atoms with Gasteiger partial charge in [-0.15, -0.1) is 0 Å². The van der Waals surface area contributed by atoms with Gasteiger partial charge in [0.15, 0.2) is 0 Å². The Bertz CT molecular complexity index is 352. The van der Waals surface area contributed by atoms with E-state index in [2.05, 4.69) is 19.1 Å². The fraction of sp³-hybridized carbons (Fsp3) is 0.562. The van der Waals surface area contributed by atoms with E-state index >= 15 is 0 Å². The maximum atomic E-state index is 10.6. The van der Waals surface area contributed by atoms with Gasteiger partial charge < -0.3 is 0 Å². The van der Waals surface area contributed by atoms with Crippen LogP contribution in [-0.2, 0) is 0 Å². The summed E-state index contributed by atoms with van der Waals surface area (Å²) >= 11 is 0. The summed E-state index contributed by atoms with van der Waals surface area (Å²) in [5, 5.41) is 0. The Morgan fingerprint density at radius 2 is 1.94 bits per heavy atom. The second-order valence-corrected chi connectivity index (χ2v) is 5.24. The molecule has 1 aliphatic rings. The predicted molar refractivity (Wildman–Crippen MR) is 71.4 cm³/mol. The van der Waals surface area contributed by atoms with Crippen LogP contribution in [0.4, 0.5) is 0 Å². The average Bonchev–Trinajstić information content (AvgIpc) is 3.14. The van der Waals surface area contributed by atoms with E-state index in [0.717, 1.165) is 23.7 Å². The van der Waals surface area contributed by atoms with Crippen LogP contribution in [0.1, 0.15) is 67.3 Å². The van der Waals surface area contributed by atoms with E-state index in [0.29, 0.717) is 0 Å². The zero-order valence-electron chi connectivity index (χ0n) is 10.7. The van der Waals surface area contributed by atoms with Gasteiger partial charge in [-0.3, -0.25) is 4.79 Å². The van der Waals surface area contributed by atoms with E-state index in [1.807, 2.05) is 12.1 Å². The highest BCUT2D eigenvalue weighted by Crippen LogP contribution is 2.50. The molecule has 0 saturated heterocycles. The van der Waals surface area contributed by atoms with Crippen LogP contribution >= 0.6 is 0 Å². The molecule has 0 bridgehead atoms. The third kappa shape index (κ3) is 3.42. The van der Waals surface area contributed by atoms with Crippen LogP contribution in [-0.4, -0.2) is 6.29 Å². The summed E-state index contributed by atoms with van der Waals surface area (Å²) in [5.74, 6) is 1.69. The van der Waals surface area contributed by atoms with E-state index in [1.165, 1.54) is 44.1 Å². The number of carbonyl (C=O) groups excluding carboxylic acids is 1. The number of aldehydes is 1. The number of benzene rings is 1. The lowest BCUT2D eigenvalue weighted by molar-refractivity contribution is 0.112. The van der Waals surface area contributed by atoms with Gasteiger partial charge in [-0.25, -0.2) is 0 Å². The summed E-state index contributed by atoms with van der Waals surface area (Å²) in [6, 6.07) is 8.13. The molecule has 17 heavy (non-hydrogen) atoms. The van der Waals surface area contributed by atoms with Crippen molar-refractivity contribution in [2.24, 2.45) is 5.92 Å². The molecule has 92 valence electrons. The fourth-order valence-electron chi connectivity index (χ4n) is 2.63. The van der Waals surface area contributed by atoms with Crippen molar-refractivity contribution >= 4 is 6.29 Å². The molecular weight excluding hydrogens is 208 g/mol. The van der Waals surface area contributed by atoms with Crippen LogP contribution in [0.15, 0.2) is 24.3 Å². The van der Waals surface area contributed by atoms with Gasteiger partial charge >= 0.3 is 0 Å². The molecule has 1 aromatic carbocycles. The maximum Gasteiger partial charge on any atom is 0.150 e. The maximum absolute atomic E-state index is 10.6. The topological polar surface area (TPSA) is 17.1 Å². The highest BCUT2D eigenvalue weighted by atomic mass is 16.1. The van der Waals surface area contributed by atoms with Crippen molar-refractivity contribution in [2.45, 2.75) is 51.4 Å². The quantitative estimate of drug-likeness (QED) is 0.495. The van der Waals surface area contributed by atoms with Crippen molar-refractivity contribution in [1.82, 2.24) is 0 Å². The second-order valence-electron chi connectivity index (χ2n) is 5.24. The Morgan fingerprint density at radius 3 is 2.59 bits per heavy atom. The highest BCUT2D eigenvalue weighted by Gasteiger charge is 2.37. The number of hydrogen-bond acceptors (Lipinski definition) is 1. The van der Waals surface area contributed by atoms with Crippen LogP contribution in [0.25, 0.3) is 0 Å². The summed E-state index contributed by atoms with van der Waals surface area (Å²) in [4.78, 5) is 10.6. The Labute approximate surface area is 104 Å². The van der Waals surface area contributed by atoms with Crippen LogP contribution in [0.3, 0.4) is 0 Å². The van der Waals surface area contributed by atoms with Crippen LogP contribution in [0.2, 0.25) is 0 Å². The van der Waals surface area contributed by atoms with Crippen molar-refractivity contribution in [3.63, 3.8) is 0 Å². The minimum atomic E-state index is 0.775. The minimum Gasteiger partial charge on any atom is -0.298 e. The zero-order valence-corrected chi connectivity index (χ0v) is 10.7. The van der Waals surface area contributed by atoms with Crippen LogP contribution in [0.5, 0.6) is 0 Å². The van der Waals surface area contributed by atoms with Gasteiger partial charge in [0.25, 0.3) is 0 Å². The molecule has 1 aliphatic carbocycles. The monoisotopic (exact) mass is 230 g/mol. The van der Waals surface area contributed by atoms with Crippen molar-refractivity contribution < 1.29 is 4.79 Å². The van der Waals surface area contributed by atoms with Gasteiger partial charge in [0.2, 0.25) is 0 Å². The predicted octanol–water partition coefficient (Wildman–Crippen LogP) is 4.57. The number of unbranched alkanes of at least 4 members (excludes halogenated alkanes) is 3. The summed E-state index contributed by atoms with van der Waals surface area (Å²) in [6.07, 6.45) is 9.14. The lowest BCUT2D eigenvalue weighted by Crippen LogP contribution is -1.86. The first-order chi connectivity index (χ1) is 8.35. The molecule has 2 atom stereocenters. The van der Waals surface area contributed by atoms with Gasteiger partial charge in [-0.2, -0.15) is 0 Å². The number of hydrogen-bond donors (Lipinski definition) is 0. The van der Waals surface area contributed by atoms with E-state index in [-0.39, 0.29) is 0 Å². The summed E-state index contributed by atoms with van der Waals surface area (Å²) in [5.41, 5.74) is 2.21. The molecule has 0 N–H and O–H groups in total. The number of carbonyl (C=O) groups is 1. The minimum absolute atomic E-state index is 0.775. The molecule has 1 aromatic rings. The van der Waals surface area contributed by atoms with E-state index in [4.69, 9.17) is 0 Å². The molecule has 0 heterocycles. The fourth-order valence-corrected chi connectivity index (χ4v) is 2.63. The summed E-state index contributed by atoms with van der Waals surface area (Å²) < 4.78 is 0. The van der Waals surface area contributed by atoms with Crippen molar-refractivity contribution in [3.05, 3.63) is 35.4 Å². The average molecular weight is 230 g/mol. The normalized spacial score (nSPS) is 22.4. The summed E-state index contributed by atoms with van der Waals surface area (Å²) in [7, 11) is 0. The molecule has 0 amide bonds. The van der Waals surface area contributed by atoms with E-state index in [1.54, 1.807) is 0 Å². The zero-order chi connectivity index (χ0) is 12.1. The second kappa shape index (κ2) is 6.00. The van der Waals surface area contributed by atoms with Gasteiger partial charge in [0.1, 0.15) is 6.29 Å². The molecule has 0 aliphatic heterocycles. The van der Waals surface area contributed by atoms with Crippen molar-refractivity contribution in [2.75, 3.05) is 0 Å². The Kier molecular flexibility index (Phi) is 4.36. The lowest BCUT2D eigenvalue weighted by Gasteiger charge is -2.01. The highest BCUT2D eigenvalue weighted by molar-refractivity contribution is 5.74. The number of rotatable bonds is 7. The molecule has 0 unspecified atom stereocenters. The smallest absolute Gasteiger partial charge is 0.150 e. The first-order valence-electron chi connectivity index (χ1n) is 6.90. The SMILES string of the molecule is CCCCCC[C@H]1C[C@@H]1c1ccc(C=O)cc1. The van der Waals surface area contributed by atoms with E-state index < -0.39 is 0 Å². The molecule has 0 radical (unpaired) electrons. The Balaban J connectivity index is 1.75. The summed E-state index contributed by atoms with van der Waals surface area (Å²) in [6.45, 7) is 2.26. The van der Waals surface area contributed by atoms with Gasteiger partial charge in [-0.1, -0.05) is 56.9 Å². The third-order valence-corrected chi connectivity index (χ3v) is 3.85. The molecule has 0 spiro atoms. The standard InChI is InChI=1S/C16H22O/c1-2-3-4-5-6-15-11-16(15)14-9-7-13(12-17)8-10-14/h7-10,12,15-16H,2-6,11H2,1H3/t15-,16+/m0/s1. The molecule has 1 heteroatoms. The third-order valence-electron chi connectivity index (χ3n) is 3.85. The first-order valence-corrected chi connectivity index (χ1v) is 6.90. The molecule has 1 fully saturated rings. The lowest BCUT2D eigenvalue weighted by atomic mass is 10.0. The van der Waals surface area contributed by atoms with Gasteiger partial charge in [0, 0.05) is 5.56 Å². The Hall–Kier alpha value is -1.11. The van der Waals surface area contributed by atoms with Crippen LogP contribution in [0, 0.1) is 5.92 Å². The first kappa shape index (κ1) is 12.3. The van der Waals surface area contributed by atoms with Gasteiger partial charge in [0.05, 0.1) is 0 Å². The molecule has 0 aromatic heterocycles. The molecule has 1 saturated carbocycles. The van der Waals surface area contributed by atoms with Crippen LogP contribution < -0.4 is 0 Å². The van der Waals surface area contributed by atoms with Crippen molar-refractivity contribution in [3.8, 4) is 0 Å². The molecule has 1 nitrogen and oxygen atoms in total. The van der Waals surface area contributed by atoms with Crippen molar-refractivity contribution in [1.29, 1.82) is 0 Å². The molecular formula is C16H22O. The Morgan fingerprint density at radius 1 is 1.18 bits per heavy atom. The largest absolute Gasteiger partial charge is 0.298 e. The molecule has 2 rings (SSSR count). The van der Waals surface area contributed by atoms with Gasteiger partial charge in [-0.05, 0) is 30.2 Å². The van der Waals surface area contributed by atoms with E-state index in [9.17, 15) is 4.79 Å².